The Labute approximate surface area is 120 Å². The summed E-state index contributed by atoms with van der Waals surface area (Å²) in [5, 5.41) is 18.1. The summed E-state index contributed by atoms with van der Waals surface area (Å²) in [6.45, 7) is 1.61. The molecule has 4 nitrogen and oxygen atoms in total. The van der Waals surface area contributed by atoms with E-state index in [1.54, 1.807) is 13.0 Å². The van der Waals surface area contributed by atoms with Crippen molar-refractivity contribution in [2.75, 3.05) is 0 Å². The zero-order valence-corrected chi connectivity index (χ0v) is 11.7. The fraction of sp³-hybridized carbons (Fsp3) is 0.200. The van der Waals surface area contributed by atoms with Crippen molar-refractivity contribution in [1.29, 1.82) is 0 Å². The molecular weight excluding hydrogens is 276 g/mol. The lowest BCUT2D eigenvalue weighted by Gasteiger charge is -2.07. The van der Waals surface area contributed by atoms with E-state index >= 15 is 0 Å². The number of carboxylic acids is 2. The Morgan fingerprint density at radius 2 is 1.85 bits per heavy atom. The van der Waals surface area contributed by atoms with Gasteiger partial charge in [-0.25, -0.2) is 0 Å². The van der Waals surface area contributed by atoms with Crippen LogP contribution < -0.4 is 0 Å². The Morgan fingerprint density at radius 1 is 1.20 bits per heavy atom. The second-order valence-electron chi connectivity index (χ2n) is 4.49. The summed E-state index contributed by atoms with van der Waals surface area (Å²) in [6, 6.07) is 11.1. The van der Waals surface area contributed by atoms with Gasteiger partial charge < -0.3 is 10.2 Å². The standard InChI is InChI=1S/C15H14O4S/c1-9(15(18)19)12-7-11(8-13(16)17)20-14(12)10-5-3-2-4-6-10/h2-7,9H,8H2,1H3,(H,16,17)(H,18,19). The number of carboxylic acid groups (broad SMARTS) is 2. The van der Waals surface area contributed by atoms with E-state index in [1.807, 2.05) is 30.3 Å². The van der Waals surface area contributed by atoms with Gasteiger partial charge in [0.05, 0.1) is 12.3 Å². The maximum Gasteiger partial charge on any atom is 0.310 e. The minimum Gasteiger partial charge on any atom is -0.481 e. The molecule has 0 aliphatic carbocycles. The minimum absolute atomic E-state index is 0.0865. The molecule has 20 heavy (non-hydrogen) atoms. The summed E-state index contributed by atoms with van der Waals surface area (Å²) < 4.78 is 0. The predicted molar refractivity (Wildman–Crippen MR) is 77.1 cm³/mol. The second-order valence-corrected chi connectivity index (χ2v) is 5.63. The third-order valence-electron chi connectivity index (χ3n) is 3.01. The molecule has 0 bridgehead atoms. The number of aliphatic carboxylic acids is 2. The minimum atomic E-state index is -0.916. The van der Waals surface area contributed by atoms with E-state index in [0.29, 0.717) is 10.4 Å². The van der Waals surface area contributed by atoms with Crippen molar-refractivity contribution in [3.8, 4) is 10.4 Å². The van der Waals surface area contributed by atoms with E-state index in [1.165, 1.54) is 11.3 Å². The lowest BCUT2D eigenvalue weighted by Crippen LogP contribution is -2.07. The molecule has 1 aromatic carbocycles. The van der Waals surface area contributed by atoms with E-state index in [9.17, 15) is 14.7 Å². The van der Waals surface area contributed by atoms with Crippen LogP contribution >= 0.6 is 11.3 Å². The van der Waals surface area contributed by atoms with E-state index in [0.717, 1.165) is 10.4 Å². The van der Waals surface area contributed by atoms with Crippen molar-refractivity contribution in [3.63, 3.8) is 0 Å². The van der Waals surface area contributed by atoms with Crippen LogP contribution in [0.3, 0.4) is 0 Å². The molecule has 1 unspecified atom stereocenters. The van der Waals surface area contributed by atoms with Gasteiger partial charge in [-0.1, -0.05) is 30.3 Å². The van der Waals surface area contributed by atoms with E-state index in [-0.39, 0.29) is 6.42 Å². The molecule has 5 heteroatoms. The highest BCUT2D eigenvalue weighted by Gasteiger charge is 2.22. The molecule has 0 saturated carbocycles. The molecule has 104 valence electrons. The van der Waals surface area contributed by atoms with Gasteiger partial charge >= 0.3 is 11.9 Å². The molecule has 0 aliphatic heterocycles. The normalized spacial score (nSPS) is 12.1. The molecule has 0 amide bonds. The summed E-state index contributed by atoms with van der Waals surface area (Å²) in [5.74, 6) is -2.49. The first-order chi connectivity index (χ1) is 9.49. The average molecular weight is 290 g/mol. The third-order valence-corrected chi connectivity index (χ3v) is 4.21. The number of hydrogen-bond donors (Lipinski definition) is 2. The first kappa shape index (κ1) is 14.3. The summed E-state index contributed by atoms with van der Waals surface area (Å²) in [5.41, 5.74) is 1.59. The number of hydrogen-bond acceptors (Lipinski definition) is 3. The Morgan fingerprint density at radius 3 is 2.40 bits per heavy atom. The molecular formula is C15H14O4S. The first-order valence-corrected chi connectivity index (χ1v) is 6.93. The van der Waals surface area contributed by atoms with Crippen molar-refractivity contribution in [2.45, 2.75) is 19.3 Å². The van der Waals surface area contributed by atoms with E-state index < -0.39 is 17.9 Å². The van der Waals surface area contributed by atoms with Crippen LogP contribution in [0.25, 0.3) is 10.4 Å². The Bertz CT molecular complexity index is 631. The molecule has 0 radical (unpaired) electrons. The third kappa shape index (κ3) is 3.05. The molecule has 2 rings (SSSR count). The quantitative estimate of drug-likeness (QED) is 0.886. The van der Waals surface area contributed by atoms with Gasteiger partial charge in [0.1, 0.15) is 0 Å². The maximum atomic E-state index is 11.2. The van der Waals surface area contributed by atoms with Crippen molar-refractivity contribution < 1.29 is 19.8 Å². The first-order valence-electron chi connectivity index (χ1n) is 6.11. The molecule has 0 spiro atoms. The van der Waals surface area contributed by atoms with Crippen LogP contribution in [0.1, 0.15) is 23.3 Å². The van der Waals surface area contributed by atoms with Gasteiger partial charge in [0.15, 0.2) is 0 Å². The highest BCUT2D eigenvalue weighted by Crippen LogP contribution is 2.37. The molecule has 1 heterocycles. The van der Waals surface area contributed by atoms with Crippen LogP contribution in [-0.4, -0.2) is 22.2 Å². The van der Waals surface area contributed by atoms with Crippen LogP contribution in [0.15, 0.2) is 36.4 Å². The van der Waals surface area contributed by atoms with Gasteiger partial charge in [0, 0.05) is 9.75 Å². The number of rotatable bonds is 5. The Hall–Kier alpha value is -2.14. The van der Waals surface area contributed by atoms with Crippen LogP contribution in [0, 0.1) is 0 Å². The molecule has 2 aromatic rings. The molecule has 2 N–H and O–H groups in total. The van der Waals surface area contributed by atoms with Gasteiger partial charge in [-0.05, 0) is 24.1 Å². The summed E-state index contributed by atoms with van der Waals surface area (Å²) in [4.78, 5) is 23.5. The topological polar surface area (TPSA) is 74.6 Å². The number of carbonyl (C=O) groups is 2. The van der Waals surface area contributed by atoms with Crippen molar-refractivity contribution >= 4 is 23.3 Å². The maximum absolute atomic E-state index is 11.2. The lowest BCUT2D eigenvalue weighted by atomic mass is 9.98. The zero-order valence-electron chi connectivity index (χ0n) is 10.9. The zero-order chi connectivity index (χ0) is 14.7. The number of benzene rings is 1. The van der Waals surface area contributed by atoms with Crippen molar-refractivity contribution in [2.24, 2.45) is 0 Å². The fourth-order valence-corrected chi connectivity index (χ4v) is 3.22. The van der Waals surface area contributed by atoms with Gasteiger partial charge in [-0.15, -0.1) is 11.3 Å². The summed E-state index contributed by atoms with van der Waals surface area (Å²) in [6.07, 6.45) is -0.0865. The van der Waals surface area contributed by atoms with Gasteiger partial charge in [-0.2, -0.15) is 0 Å². The molecule has 1 aromatic heterocycles. The van der Waals surface area contributed by atoms with Crippen molar-refractivity contribution in [3.05, 3.63) is 46.8 Å². The highest BCUT2D eigenvalue weighted by atomic mass is 32.1. The summed E-state index contributed by atoms with van der Waals surface area (Å²) in [7, 11) is 0. The average Bonchev–Trinajstić information content (AvgIpc) is 2.81. The Balaban J connectivity index is 2.50. The molecule has 0 aliphatic rings. The lowest BCUT2D eigenvalue weighted by molar-refractivity contribution is -0.138. The summed E-state index contributed by atoms with van der Waals surface area (Å²) >= 11 is 1.34. The predicted octanol–water partition coefficient (Wildman–Crippen LogP) is 3.23. The van der Waals surface area contributed by atoms with Gasteiger partial charge in [0.25, 0.3) is 0 Å². The van der Waals surface area contributed by atoms with E-state index in [2.05, 4.69) is 0 Å². The second kappa shape index (κ2) is 5.88. The molecule has 1 atom stereocenters. The van der Waals surface area contributed by atoms with Crippen LogP contribution in [0.4, 0.5) is 0 Å². The largest absolute Gasteiger partial charge is 0.481 e. The molecule has 0 saturated heterocycles. The van der Waals surface area contributed by atoms with E-state index in [4.69, 9.17) is 5.11 Å². The van der Waals surface area contributed by atoms with Crippen molar-refractivity contribution in [1.82, 2.24) is 0 Å². The van der Waals surface area contributed by atoms with Gasteiger partial charge in [-0.3, -0.25) is 9.59 Å². The Kier molecular flexibility index (Phi) is 4.20. The van der Waals surface area contributed by atoms with Crippen LogP contribution in [-0.2, 0) is 16.0 Å². The highest BCUT2D eigenvalue weighted by molar-refractivity contribution is 7.15. The van der Waals surface area contributed by atoms with Gasteiger partial charge in [0.2, 0.25) is 0 Å². The van der Waals surface area contributed by atoms with Crippen LogP contribution in [0.5, 0.6) is 0 Å². The smallest absolute Gasteiger partial charge is 0.310 e. The SMILES string of the molecule is CC(C(=O)O)c1cc(CC(=O)O)sc1-c1ccccc1. The fourth-order valence-electron chi connectivity index (χ4n) is 1.96. The number of thiophene rings is 1. The monoisotopic (exact) mass is 290 g/mol. The van der Waals surface area contributed by atoms with Crippen LogP contribution in [0.2, 0.25) is 0 Å². The molecule has 0 fully saturated rings.